The van der Waals surface area contributed by atoms with Gasteiger partial charge in [-0.05, 0) is 30.5 Å². The Morgan fingerprint density at radius 2 is 1.68 bits per heavy atom. The SMILES string of the molecule is [O]N(c1ccccc1)C(c1ccccc1)C(O)C1CCCO1. The van der Waals surface area contributed by atoms with E-state index in [1.165, 1.54) is 0 Å². The summed E-state index contributed by atoms with van der Waals surface area (Å²) in [6, 6.07) is 17.7. The lowest BCUT2D eigenvalue weighted by Gasteiger charge is -2.32. The van der Waals surface area contributed by atoms with Crippen LogP contribution >= 0.6 is 0 Å². The summed E-state index contributed by atoms with van der Waals surface area (Å²) in [5.74, 6) is 0. The first kappa shape index (κ1) is 15.0. The number of hydrogen-bond acceptors (Lipinski definition) is 3. The van der Waals surface area contributed by atoms with Crippen LogP contribution in [0.1, 0.15) is 24.4 Å². The number of aliphatic hydroxyl groups excluding tert-OH is 1. The van der Waals surface area contributed by atoms with Crippen LogP contribution < -0.4 is 5.06 Å². The molecule has 1 aliphatic rings. The fourth-order valence-electron chi connectivity index (χ4n) is 2.93. The zero-order valence-corrected chi connectivity index (χ0v) is 12.3. The lowest BCUT2D eigenvalue weighted by molar-refractivity contribution is -0.0388. The summed E-state index contributed by atoms with van der Waals surface area (Å²) in [5, 5.41) is 24.5. The minimum absolute atomic E-state index is 0.287. The topological polar surface area (TPSA) is 52.6 Å². The molecule has 22 heavy (non-hydrogen) atoms. The summed E-state index contributed by atoms with van der Waals surface area (Å²) in [6.45, 7) is 0.646. The molecule has 2 aromatic rings. The molecule has 1 aliphatic heterocycles. The highest BCUT2D eigenvalue weighted by molar-refractivity contribution is 5.46. The van der Waals surface area contributed by atoms with Crippen molar-refractivity contribution >= 4 is 5.69 Å². The second kappa shape index (κ2) is 6.92. The molecule has 1 N–H and O–H groups in total. The highest BCUT2D eigenvalue weighted by Crippen LogP contribution is 2.32. The smallest absolute Gasteiger partial charge is 0.113 e. The zero-order valence-electron chi connectivity index (χ0n) is 12.3. The standard InChI is InChI=1S/C18H20NO3/c20-18(16-12-7-13-22-16)17(14-8-3-1-4-9-14)19(21)15-10-5-2-6-11-15/h1-6,8-11,16-18,20H,7,12-13H2. The van der Waals surface area contributed by atoms with Crippen molar-refractivity contribution in [1.82, 2.24) is 0 Å². The molecule has 3 atom stereocenters. The van der Waals surface area contributed by atoms with Crippen molar-refractivity contribution in [2.24, 2.45) is 0 Å². The maximum atomic E-state index is 12.8. The number of anilines is 1. The summed E-state index contributed by atoms with van der Waals surface area (Å²) < 4.78 is 5.59. The van der Waals surface area contributed by atoms with Crippen molar-refractivity contribution in [2.75, 3.05) is 11.7 Å². The third-order valence-electron chi connectivity index (χ3n) is 4.07. The molecule has 0 aromatic heterocycles. The van der Waals surface area contributed by atoms with Gasteiger partial charge in [0.05, 0.1) is 11.8 Å². The Bertz CT molecular complexity index is 569. The number of rotatable bonds is 5. The predicted octanol–water partition coefficient (Wildman–Crippen LogP) is 3.12. The molecule has 115 valence electrons. The highest BCUT2D eigenvalue weighted by atomic mass is 16.5. The van der Waals surface area contributed by atoms with Crippen molar-refractivity contribution in [2.45, 2.75) is 31.1 Å². The number of aliphatic hydroxyl groups is 1. The van der Waals surface area contributed by atoms with Gasteiger partial charge in [0, 0.05) is 6.61 Å². The minimum atomic E-state index is -0.859. The molecule has 1 heterocycles. The van der Waals surface area contributed by atoms with Crippen molar-refractivity contribution in [3.8, 4) is 0 Å². The van der Waals surface area contributed by atoms with Crippen LogP contribution in [0.2, 0.25) is 0 Å². The summed E-state index contributed by atoms with van der Waals surface area (Å²) in [4.78, 5) is 0. The minimum Gasteiger partial charge on any atom is -0.388 e. The number of para-hydroxylation sites is 1. The largest absolute Gasteiger partial charge is 0.388 e. The first-order valence-corrected chi connectivity index (χ1v) is 7.63. The monoisotopic (exact) mass is 298 g/mol. The second-order valence-electron chi connectivity index (χ2n) is 5.56. The molecule has 3 unspecified atom stereocenters. The van der Waals surface area contributed by atoms with Gasteiger partial charge in [-0.2, -0.15) is 0 Å². The fourth-order valence-corrected chi connectivity index (χ4v) is 2.93. The molecule has 0 saturated carbocycles. The Labute approximate surface area is 130 Å². The van der Waals surface area contributed by atoms with Gasteiger partial charge in [-0.1, -0.05) is 53.7 Å². The quantitative estimate of drug-likeness (QED) is 0.863. The Balaban J connectivity index is 1.92. The van der Waals surface area contributed by atoms with E-state index in [0.717, 1.165) is 23.5 Å². The van der Waals surface area contributed by atoms with E-state index in [1.807, 2.05) is 48.5 Å². The lowest BCUT2D eigenvalue weighted by Crippen LogP contribution is -2.40. The molecular formula is C18H20NO3. The average Bonchev–Trinajstić information content (AvgIpc) is 3.11. The van der Waals surface area contributed by atoms with E-state index in [-0.39, 0.29) is 6.10 Å². The van der Waals surface area contributed by atoms with Crippen LogP contribution in [-0.2, 0) is 9.94 Å². The second-order valence-corrected chi connectivity index (χ2v) is 5.56. The average molecular weight is 298 g/mol. The van der Waals surface area contributed by atoms with Gasteiger partial charge in [0.1, 0.15) is 12.1 Å². The van der Waals surface area contributed by atoms with Crippen LogP contribution in [-0.4, -0.2) is 23.9 Å². The zero-order chi connectivity index (χ0) is 15.4. The molecule has 1 saturated heterocycles. The van der Waals surface area contributed by atoms with Crippen LogP contribution in [0.3, 0.4) is 0 Å². The van der Waals surface area contributed by atoms with Gasteiger partial charge in [0.15, 0.2) is 0 Å². The molecule has 3 rings (SSSR count). The summed E-state index contributed by atoms with van der Waals surface area (Å²) in [5.41, 5.74) is 1.33. The number of hydrogen-bond donors (Lipinski definition) is 1. The van der Waals surface area contributed by atoms with Crippen molar-refractivity contribution < 1.29 is 15.1 Å². The Morgan fingerprint density at radius 1 is 1.05 bits per heavy atom. The number of benzene rings is 2. The molecule has 1 fully saturated rings. The van der Waals surface area contributed by atoms with Crippen LogP contribution in [0, 0.1) is 0 Å². The normalized spacial score (nSPS) is 20.5. The molecule has 1 radical (unpaired) electrons. The lowest BCUT2D eigenvalue weighted by atomic mass is 9.95. The highest BCUT2D eigenvalue weighted by Gasteiger charge is 2.36. The molecule has 0 bridgehead atoms. The van der Waals surface area contributed by atoms with E-state index in [4.69, 9.17) is 4.74 Å². The van der Waals surface area contributed by atoms with Crippen molar-refractivity contribution in [1.29, 1.82) is 0 Å². The van der Waals surface area contributed by atoms with Gasteiger partial charge in [0.25, 0.3) is 0 Å². The predicted molar refractivity (Wildman–Crippen MR) is 83.8 cm³/mol. The summed E-state index contributed by atoms with van der Waals surface area (Å²) in [6.07, 6.45) is 0.563. The van der Waals surface area contributed by atoms with E-state index in [9.17, 15) is 10.3 Å². The number of hydroxylamine groups is 1. The van der Waals surface area contributed by atoms with E-state index >= 15 is 0 Å². The van der Waals surface area contributed by atoms with Gasteiger partial charge in [-0.3, -0.25) is 0 Å². The van der Waals surface area contributed by atoms with Crippen molar-refractivity contribution in [3.05, 3.63) is 66.2 Å². The first-order valence-electron chi connectivity index (χ1n) is 7.63. The molecule has 0 spiro atoms. The third kappa shape index (κ3) is 3.14. The molecular weight excluding hydrogens is 278 g/mol. The van der Waals surface area contributed by atoms with Crippen LogP contribution in [0.15, 0.2) is 60.7 Å². The van der Waals surface area contributed by atoms with Crippen molar-refractivity contribution in [3.63, 3.8) is 0 Å². The Hall–Kier alpha value is -1.88. The van der Waals surface area contributed by atoms with Crippen LogP contribution in [0.5, 0.6) is 0 Å². The Morgan fingerprint density at radius 3 is 2.27 bits per heavy atom. The van der Waals surface area contributed by atoms with Crippen LogP contribution in [0.25, 0.3) is 0 Å². The van der Waals surface area contributed by atoms with Crippen LogP contribution in [0.4, 0.5) is 5.69 Å². The first-order chi connectivity index (χ1) is 10.8. The van der Waals surface area contributed by atoms with E-state index < -0.39 is 12.1 Å². The maximum Gasteiger partial charge on any atom is 0.113 e. The van der Waals surface area contributed by atoms with Gasteiger partial charge in [0.2, 0.25) is 0 Å². The van der Waals surface area contributed by atoms with E-state index in [0.29, 0.717) is 12.3 Å². The van der Waals surface area contributed by atoms with Gasteiger partial charge >= 0.3 is 0 Å². The summed E-state index contributed by atoms with van der Waals surface area (Å²) >= 11 is 0. The van der Waals surface area contributed by atoms with Gasteiger partial charge in [-0.15, -0.1) is 0 Å². The van der Waals surface area contributed by atoms with Gasteiger partial charge in [-0.25, -0.2) is 5.06 Å². The van der Waals surface area contributed by atoms with E-state index in [1.54, 1.807) is 12.1 Å². The van der Waals surface area contributed by atoms with E-state index in [2.05, 4.69) is 0 Å². The molecule has 4 heteroatoms. The van der Waals surface area contributed by atoms with Gasteiger partial charge < -0.3 is 9.84 Å². The fraction of sp³-hybridized carbons (Fsp3) is 0.333. The Kier molecular flexibility index (Phi) is 4.73. The summed E-state index contributed by atoms with van der Waals surface area (Å²) in [7, 11) is 0. The number of ether oxygens (including phenoxy) is 1. The maximum absolute atomic E-state index is 12.8. The number of nitrogens with zero attached hydrogens (tertiary/aromatic N) is 1. The molecule has 4 nitrogen and oxygen atoms in total. The third-order valence-corrected chi connectivity index (χ3v) is 4.07. The molecule has 2 aromatic carbocycles. The molecule has 0 aliphatic carbocycles. The molecule has 0 amide bonds.